The third kappa shape index (κ3) is 3.13. The molecular weight excluding hydrogens is 286 g/mol. The maximum Gasteiger partial charge on any atom is 0.177 e. The molecule has 1 aromatic carbocycles. The van der Waals surface area contributed by atoms with Gasteiger partial charge in [-0.2, -0.15) is 0 Å². The van der Waals surface area contributed by atoms with Gasteiger partial charge < -0.3 is 14.6 Å². The van der Waals surface area contributed by atoms with Crippen LogP contribution in [0.5, 0.6) is 0 Å². The Hall–Kier alpha value is -0.750. The molecule has 1 heterocycles. The van der Waals surface area contributed by atoms with Crippen molar-refractivity contribution in [2.45, 2.75) is 18.9 Å². The number of carbonyl (C=O) groups is 1. The lowest BCUT2D eigenvalue weighted by Gasteiger charge is -2.35. The van der Waals surface area contributed by atoms with Gasteiger partial charge in [0.1, 0.15) is 12.3 Å². The standard InChI is InChI=1S/C12H14BrNO3/c13-10-3-1-9(2-4-10)7-14-5-6-17-12(16)11(14)8-15/h1-4,8,11-12,16H,5-7H2. The molecule has 0 saturated carbocycles. The third-order valence-electron chi connectivity index (χ3n) is 2.82. The summed E-state index contributed by atoms with van der Waals surface area (Å²) in [4.78, 5) is 12.9. The van der Waals surface area contributed by atoms with Crippen LogP contribution in [-0.2, 0) is 16.1 Å². The predicted octanol–water partition coefficient (Wildman–Crippen LogP) is 1.17. The summed E-state index contributed by atoms with van der Waals surface area (Å²) < 4.78 is 6.07. The van der Waals surface area contributed by atoms with Gasteiger partial charge in [0.25, 0.3) is 0 Å². The van der Waals surface area contributed by atoms with Crippen molar-refractivity contribution in [2.75, 3.05) is 13.2 Å². The van der Waals surface area contributed by atoms with Crippen LogP contribution in [0.1, 0.15) is 5.56 Å². The molecule has 0 spiro atoms. The first-order valence-corrected chi connectivity index (χ1v) is 6.23. The van der Waals surface area contributed by atoms with Gasteiger partial charge in [-0.3, -0.25) is 4.90 Å². The van der Waals surface area contributed by atoms with Crippen molar-refractivity contribution in [1.29, 1.82) is 0 Å². The lowest BCUT2D eigenvalue weighted by Crippen LogP contribution is -2.51. The van der Waals surface area contributed by atoms with E-state index in [0.717, 1.165) is 16.3 Å². The van der Waals surface area contributed by atoms with E-state index >= 15 is 0 Å². The smallest absolute Gasteiger partial charge is 0.177 e. The van der Waals surface area contributed by atoms with Crippen molar-refractivity contribution in [3.63, 3.8) is 0 Å². The fourth-order valence-corrected chi connectivity index (χ4v) is 2.15. The Morgan fingerprint density at radius 2 is 2.18 bits per heavy atom. The summed E-state index contributed by atoms with van der Waals surface area (Å²) in [5.41, 5.74) is 1.11. The van der Waals surface area contributed by atoms with Crippen molar-refractivity contribution in [3.8, 4) is 0 Å². The summed E-state index contributed by atoms with van der Waals surface area (Å²) in [5, 5.41) is 9.56. The number of benzene rings is 1. The van der Waals surface area contributed by atoms with Gasteiger partial charge in [-0.05, 0) is 17.7 Å². The van der Waals surface area contributed by atoms with E-state index in [1.54, 1.807) is 0 Å². The first-order chi connectivity index (χ1) is 8.20. The Morgan fingerprint density at radius 3 is 2.82 bits per heavy atom. The molecule has 4 nitrogen and oxygen atoms in total. The summed E-state index contributed by atoms with van der Waals surface area (Å²) in [5.74, 6) is 0. The van der Waals surface area contributed by atoms with E-state index in [9.17, 15) is 9.90 Å². The van der Waals surface area contributed by atoms with E-state index in [4.69, 9.17) is 4.74 Å². The number of ether oxygens (including phenoxy) is 1. The molecule has 0 aliphatic carbocycles. The van der Waals surface area contributed by atoms with E-state index in [-0.39, 0.29) is 0 Å². The van der Waals surface area contributed by atoms with E-state index < -0.39 is 12.3 Å². The fraction of sp³-hybridized carbons (Fsp3) is 0.417. The zero-order chi connectivity index (χ0) is 12.3. The molecule has 5 heteroatoms. The molecule has 0 amide bonds. The van der Waals surface area contributed by atoms with Gasteiger partial charge in [-0.25, -0.2) is 0 Å². The maximum absolute atomic E-state index is 10.9. The van der Waals surface area contributed by atoms with Gasteiger partial charge in [-0.1, -0.05) is 28.1 Å². The van der Waals surface area contributed by atoms with Gasteiger partial charge in [0.15, 0.2) is 6.29 Å². The van der Waals surface area contributed by atoms with Crippen LogP contribution in [-0.4, -0.2) is 41.8 Å². The lowest BCUT2D eigenvalue weighted by atomic mass is 10.1. The highest BCUT2D eigenvalue weighted by Gasteiger charge is 2.30. The minimum Gasteiger partial charge on any atom is -0.366 e. The van der Waals surface area contributed by atoms with Gasteiger partial charge in [0, 0.05) is 17.6 Å². The molecule has 1 aliphatic heterocycles. The molecule has 1 fully saturated rings. The molecule has 2 atom stereocenters. The molecule has 0 radical (unpaired) electrons. The van der Waals surface area contributed by atoms with E-state index in [0.29, 0.717) is 19.7 Å². The van der Waals surface area contributed by atoms with Crippen LogP contribution in [0.25, 0.3) is 0 Å². The zero-order valence-electron chi connectivity index (χ0n) is 9.25. The molecule has 1 aliphatic rings. The highest BCUT2D eigenvalue weighted by atomic mass is 79.9. The third-order valence-corrected chi connectivity index (χ3v) is 3.35. The normalized spacial score (nSPS) is 25.8. The number of aliphatic hydroxyl groups is 1. The van der Waals surface area contributed by atoms with Gasteiger partial charge in [0.05, 0.1) is 6.61 Å². The Morgan fingerprint density at radius 1 is 1.47 bits per heavy atom. The fourth-order valence-electron chi connectivity index (χ4n) is 1.88. The van der Waals surface area contributed by atoms with Gasteiger partial charge >= 0.3 is 0 Å². The molecular formula is C12H14BrNO3. The van der Waals surface area contributed by atoms with E-state index in [1.807, 2.05) is 29.2 Å². The molecule has 1 saturated heterocycles. The van der Waals surface area contributed by atoms with Crippen LogP contribution in [0.4, 0.5) is 0 Å². The second kappa shape index (κ2) is 5.73. The number of halogens is 1. The topological polar surface area (TPSA) is 49.8 Å². The average Bonchev–Trinajstić information content (AvgIpc) is 2.32. The second-order valence-electron chi connectivity index (χ2n) is 3.98. The van der Waals surface area contributed by atoms with Crippen molar-refractivity contribution in [1.82, 2.24) is 4.90 Å². The molecule has 0 aromatic heterocycles. The first-order valence-electron chi connectivity index (χ1n) is 5.44. The summed E-state index contributed by atoms with van der Waals surface area (Å²) in [6.45, 7) is 1.73. The molecule has 17 heavy (non-hydrogen) atoms. The minimum atomic E-state index is -1.02. The summed E-state index contributed by atoms with van der Waals surface area (Å²) in [6, 6.07) is 7.33. The highest BCUT2D eigenvalue weighted by molar-refractivity contribution is 9.10. The van der Waals surface area contributed by atoms with Crippen LogP contribution >= 0.6 is 15.9 Å². The molecule has 1 N–H and O–H groups in total. The van der Waals surface area contributed by atoms with Crippen LogP contribution < -0.4 is 0 Å². The van der Waals surface area contributed by atoms with Crippen LogP contribution in [0.15, 0.2) is 28.7 Å². The number of aldehydes is 1. The molecule has 0 bridgehead atoms. The predicted molar refractivity (Wildman–Crippen MR) is 66.4 cm³/mol. The SMILES string of the molecule is O=CC1C(O)OCCN1Cc1ccc(Br)cc1. The number of hydrogen-bond donors (Lipinski definition) is 1. The zero-order valence-corrected chi connectivity index (χ0v) is 10.8. The Labute approximate surface area is 108 Å². The number of hydrogen-bond acceptors (Lipinski definition) is 4. The molecule has 92 valence electrons. The highest BCUT2D eigenvalue weighted by Crippen LogP contribution is 2.16. The number of nitrogens with zero attached hydrogens (tertiary/aromatic N) is 1. The summed E-state index contributed by atoms with van der Waals surface area (Å²) >= 11 is 3.38. The van der Waals surface area contributed by atoms with Crippen LogP contribution in [0, 0.1) is 0 Å². The van der Waals surface area contributed by atoms with Crippen molar-refractivity contribution < 1.29 is 14.6 Å². The largest absolute Gasteiger partial charge is 0.366 e. The quantitative estimate of drug-likeness (QED) is 0.851. The number of rotatable bonds is 3. The van der Waals surface area contributed by atoms with Gasteiger partial charge in [0.2, 0.25) is 0 Å². The van der Waals surface area contributed by atoms with Crippen molar-refractivity contribution >= 4 is 22.2 Å². The first kappa shape index (κ1) is 12.7. The Bertz CT molecular complexity index is 382. The lowest BCUT2D eigenvalue weighted by molar-refractivity contribution is -0.180. The second-order valence-corrected chi connectivity index (χ2v) is 4.90. The number of morpholine rings is 1. The maximum atomic E-state index is 10.9. The molecule has 2 rings (SSSR count). The molecule has 2 unspecified atom stereocenters. The summed E-state index contributed by atoms with van der Waals surface area (Å²) in [6.07, 6.45) is -0.278. The van der Waals surface area contributed by atoms with E-state index in [2.05, 4.69) is 15.9 Å². The van der Waals surface area contributed by atoms with Crippen molar-refractivity contribution in [2.24, 2.45) is 0 Å². The average molecular weight is 300 g/mol. The Kier molecular flexibility index (Phi) is 4.28. The van der Waals surface area contributed by atoms with Crippen LogP contribution in [0.2, 0.25) is 0 Å². The number of aliphatic hydroxyl groups excluding tert-OH is 1. The van der Waals surface area contributed by atoms with Crippen LogP contribution in [0.3, 0.4) is 0 Å². The minimum absolute atomic E-state index is 0.446. The van der Waals surface area contributed by atoms with Crippen molar-refractivity contribution in [3.05, 3.63) is 34.3 Å². The Balaban J connectivity index is 2.06. The molecule has 1 aromatic rings. The van der Waals surface area contributed by atoms with E-state index in [1.165, 1.54) is 0 Å². The monoisotopic (exact) mass is 299 g/mol. The van der Waals surface area contributed by atoms with Gasteiger partial charge in [-0.15, -0.1) is 0 Å². The number of carbonyl (C=O) groups excluding carboxylic acids is 1. The summed E-state index contributed by atoms with van der Waals surface area (Å²) in [7, 11) is 0.